The van der Waals surface area contributed by atoms with Crippen LogP contribution >= 0.6 is 0 Å². The molecule has 0 N–H and O–H groups in total. The molecule has 0 saturated heterocycles. The minimum absolute atomic E-state index is 0.853. The van der Waals surface area contributed by atoms with Gasteiger partial charge in [0.15, 0.2) is 0 Å². The van der Waals surface area contributed by atoms with Crippen LogP contribution in [-0.2, 0) is 0 Å². The lowest BCUT2D eigenvalue weighted by Gasteiger charge is -2.28. The van der Waals surface area contributed by atoms with E-state index in [1.54, 1.807) is 0 Å². The maximum absolute atomic E-state index is 6.61. The number of fused-ring (bicyclic) bond motifs is 6. The molecule has 0 fully saturated rings. The molecule has 46 heavy (non-hydrogen) atoms. The predicted octanol–water partition coefficient (Wildman–Crippen LogP) is 12.1. The summed E-state index contributed by atoms with van der Waals surface area (Å²) in [7, 11) is 0. The summed E-state index contributed by atoms with van der Waals surface area (Å²) in [6.45, 7) is 0. The van der Waals surface area contributed by atoms with Crippen molar-refractivity contribution in [2.24, 2.45) is 0 Å². The van der Waals surface area contributed by atoms with E-state index in [4.69, 9.17) is 4.42 Å². The highest BCUT2D eigenvalue weighted by Gasteiger charge is 2.22. The summed E-state index contributed by atoms with van der Waals surface area (Å²) in [6, 6.07) is 56.0. The number of aromatic nitrogens is 1. The Bertz CT molecular complexity index is 2530. The van der Waals surface area contributed by atoms with Gasteiger partial charge in [0.05, 0.1) is 16.8 Å². The molecule has 0 saturated carbocycles. The van der Waals surface area contributed by atoms with Gasteiger partial charge >= 0.3 is 0 Å². The highest BCUT2D eigenvalue weighted by Crippen LogP contribution is 2.47. The number of hydrogen-bond donors (Lipinski definition) is 0. The SMILES string of the molecule is c1ccc(-c2ccccc2N(c2ccc(-c3cccc4ccccc34)cc2)c2cccc3oc4c5ccncc5ccc4c23)cc1. The Balaban J connectivity index is 1.29. The Labute approximate surface area is 266 Å². The molecule has 0 radical (unpaired) electrons. The average Bonchev–Trinajstić information content (AvgIpc) is 3.53. The summed E-state index contributed by atoms with van der Waals surface area (Å²) < 4.78 is 6.61. The van der Waals surface area contributed by atoms with E-state index in [-0.39, 0.29) is 0 Å². The maximum atomic E-state index is 6.61. The number of furan rings is 1. The van der Waals surface area contributed by atoms with Crippen LogP contribution in [0.2, 0.25) is 0 Å². The molecule has 0 spiro atoms. The molecule has 0 amide bonds. The molecule has 9 aromatic rings. The summed E-state index contributed by atoms with van der Waals surface area (Å²) >= 11 is 0. The Kier molecular flexibility index (Phi) is 6.14. The van der Waals surface area contributed by atoms with Gasteiger partial charge in [-0.3, -0.25) is 4.98 Å². The van der Waals surface area contributed by atoms with Gasteiger partial charge in [-0.05, 0) is 69.9 Å². The summed E-state index contributed by atoms with van der Waals surface area (Å²) in [5.41, 5.74) is 9.69. The lowest BCUT2D eigenvalue weighted by molar-refractivity contribution is 0.672. The molecular weight excluding hydrogens is 560 g/mol. The number of para-hydroxylation sites is 1. The van der Waals surface area contributed by atoms with Crippen molar-refractivity contribution in [1.82, 2.24) is 4.98 Å². The quantitative estimate of drug-likeness (QED) is 0.200. The van der Waals surface area contributed by atoms with E-state index in [0.29, 0.717) is 0 Å². The summed E-state index contributed by atoms with van der Waals surface area (Å²) in [5.74, 6) is 0. The van der Waals surface area contributed by atoms with Crippen LogP contribution < -0.4 is 4.90 Å². The van der Waals surface area contributed by atoms with Gasteiger partial charge in [-0.25, -0.2) is 0 Å². The third-order valence-corrected chi connectivity index (χ3v) is 8.95. The fourth-order valence-electron chi connectivity index (χ4n) is 6.82. The van der Waals surface area contributed by atoms with E-state index >= 15 is 0 Å². The third kappa shape index (κ3) is 4.25. The largest absolute Gasteiger partial charge is 0.455 e. The number of anilines is 3. The van der Waals surface area contributed by atoms with Crippen molar-refractivity contribution >= 4 is 60.5 Å². The minimum atomic E-state index is 0.853. The number of benzene rings is 7. The van der Waals surface area contributed by atoms with Crippen LogP contribution in [0.1, 0.15) is 0 Å². The second-order valence-electron chi connectivity index (χ2n) is 11.6. The molecular formula is C43H28N2O. The molecule has 0 bridgehead atoms. The van der Waals surface area contributed by atoms with Crippen molar-refractivity contribution in [3.05, 3.63) is 170 Å². The Hall–Kier alpha value is -6.19. The second-order valence-corrected chi connectivity index (χ2v) is 11.6. The first-order chi connectivity index (χ1) is 22.8. The smallest absolute Gasteiger partial charge is 0.143 e. The molecule has 2 heterocycles. The van der Waals surface area contributed by atoms with Gasteiger partial charge in [-0.1, -0.05) is 115 Å². The highest BCUT2D eigenvalue weighted by atomic mass is 16.3. The fourth-order valence-corrected chi connectivity index (χ4v) is 6.82. The monoisotopic (exact) mass is 588 g/mol. The zero-order chi connectivity index (χ0) is 30.5. The molecule has 0 aliphatic heterocycles. The van der Waals surface area contributed by atoms with Crippen molar-refractivity contribution in [2.75, 3.05) is 4.90 Å². The Morgan fingerprint density at radius 3 is 2.09 bits per heavy atom. The first-order valence-corrected chi connectivity index (χ1v) is 15.5. The van der Waals surface area contributed by atoms with Crippen molar-refractivity contribution in [3.8, 4) is 22.3 Å². The van der Waals surface area contributed by atoms with Crippen LogP contribution in [0.3, 0.4) is 0 Å². The Morgan fingerprint density at radius 2 is 1.17 bits per heavy atom. The topological polar surface area (TPSA) is 29.3 Å². The highest BCUT2D eigenvalue weighted by molar-refractivity contribution is 6.19. The maximum Gasteiger partial charge on any atom is 0.143 e. The molecule has 3 nitrogen and oxygen atoms in total. The van der Waals surface area contributed by atoms with Gasteiger partial charge in [0, 0.05) is 39.8 Å². The van der Waals surface area contributed by atoms with E-state index in [2.05, 4.69) is 162 Å². The third-order valence-electron chi connectivity index (χ3n) is 8.95. The van der Waals surface area contributed by atoms with Crippen LogP contribution in [0.15, 0.2) is 175 Å². The molecule has 0 atom stereocenters. The zero-order valence-corrected chi connectivity index (χ0v) is 25.0. The van der Waals surface area contributed by atoms with Crippen LogP contribution in [0.5, 0.6) is 0 Å². The standard InChI is InChI=1S/C43H28N2O/c1-2-10-30(11-3-1)36-15-6-7-17-39(36)45(33-23-20-31(21-24-33)35-16-8-13-29-12-4-5-14-34(29)35)40-18-9-19-41-42(40)38-25-22-32-28-44-27-26-37(32)43(38)46-41/h1-28H. The van der Waals surface area contributed by atoms with Gasteiger partial charge in [0.1, 0.15) is 11.2 Å². The van der Waals surface area contributed by atoms with Crippen LogP contribution in [0.4, 0.5) is 17.1 Å². The predicted molar refractivity (Wildman–Crippen MR) is 192 cm³/mol. The van der Waals surface area contributed by atoms with Gasteiger partial charge in [0.25, 0.3) is 0 Å². The van der Waals surface area contributed by atoms with Crippen molar-refractivity contribution in [3.63, 3.8) is 0 Å². The first-order valence-electron chi connectivity index (χ1n) is 15.5. The van der Waals surface area contributed by atoms with Gasteiger partial charge in [0.2, 0.25) is 0 Å². The average molecular weight is 589 g/mol. The molecule has 0 aliphatic rings. The van der Waals surface area contributed by atoms with E-state index in [0.717, 1.165) is 60.9 Å². The lowest BCUT2D eigenvalue weighted by Crippen LogP contribution is -2.11. The van der Waals surface area contributed by atoms with Crippen LogP contribution in [-0.4, -0.2) is 4.98 Å². The second kappa shape index (κ2) is 10.8. The normalized spacial score (nSPS) is 11.5. The molecule has 9 rings (SSSR count). The molecule has 0 aliphatic carbocycles. The number of pyridine rings is 1. The molecule has 7 aromatic carbocycles. The summed E-state index contributed by atoms with van der Waals surface area (Å²) in [6.07, 6.45) is 3.72. The van der Waals surface area contributed by atoms with Crippen molar-refractivity contribution in [2.45, 2.75) is 0 Å². The van der Waals surface area contributed by atoms with E-state index in [1.807, 2.05) is 18.5 Å². The molecule has 2 aromatic heterocycles. The van der Waals surface area contributed by atoms with Gasteiger partial charge in [-0.15, -0.1) is 0 Å². The van der Waals surface area contributed by atoms with Gasteiger partial charge in [-0.2, -0.15) is 0 Å². The Morgan fingerprint density at radius 1 is 0.457 bits per heavy atom. The van der Waals surface area contributed by atoms with Crippen molar-refractivity contribution in [1.29, 1.82) is 0 Å². The molecule has 3 heteroatoms. The minimum Gasteiger partial charge on any atom is -0.455 e. The van der Waals surface area contributed by atoms with Crippen LogP contribution in [0, 0.1) is 0 Å². The van der Waals surface area contributed by atoms with E-state index in [1.165, 1.54) is 21.9 Å². The van der Waals surface area contributed by atoms with Crippen molar-refractivity contribution < 1.29 is 4.42 Å². The number of rotatable bonds is 5. The lowest BCUT2D eigenvalue weighted by atomic mass is 9.97. The zero-order valence-electron chi connectivity index (χ0n) is 25.0. The van der Waals surface area contributed by atoms with Crippen LogP contribution in [0.25, 0.3) is 65.7 Å². The van der Waals surface area contributed by atoms with E-state index in [9.17, 15) is 0 Å². The number of nitrogens with zero attached hydrogens (tertiary/aromatic N) is 2. The molecule has 216 valence electrons. The fraction of sp³-hybridized carbons (Fsp3) is 0. The summed E-state index contributed by atoms with van der Waals surface area (Å²) in [4.78, 5) is 6.71. The van der Waals surface area contributed by atoms with Gasteiger partial charge < -0.3 is 9.32 Å². The summed E-state index contributed by atoms with van der Waals surface area (Å²) in [5, 5.41) is 6.78. The molecule has 0 unspecified atom stereocenters. The first kappa shape index (κ1) is 26.2. The number of hydrogen-bond acceptors (Lipinski definition) is 3. The van der Waals surface area contributed by atoms with E-state index < -0.39 is 0 Å².